The molecule has 0 saturated carbocycles. The van der Waals surface area contributed by atoms with Gasteiger partial charge in [-0.2, -0.15) is 0 Å². The number of benzene rings is 2. The molecule has 2 aromatic carbocycles. The van der Waals surface area contributed by atoms with Crippen molar-refractivity contribution in [2.45, 2.75) is 22.8 Å². The Kier molecular flexibility index (Phi) is 8.12. The van der Waals surface area contributed by atoms with Crippen molar-refractivity contribution in [3.63, 3.8) is 0 Å². The molecule has 0 fully saturated rings. The van der Waals surface area contributed by atoms with Crippen LogP contribution in [0.25, 0.3) is 0 Å². The Hall–Kier alpha value is -2.54. The van der Waals surface area contributed by atoms with Gasteiger partial charge in [0.25, 0.3) is 0 Å². The van der Waals surface area contributed by atoms with E-state index in [1.54, 1.807) is 0 Å². The van der Waals surface area contributed by atoms with E-state index in [1.165, 1.54) is 71.8 Å². The Morgan fingerprint density at radius 2 is 1.13 bits per heavy atom. The van der Waals surface area contributed by atoms with Crippen LogP contribution in [0, 0.1) is 0 Å². The molecule has 0 bridgehead atoms. The van der Waals surface area contributed by atoms with E-state index in [0.717, 1.165) is 0 Å². The number of nitrogens with one attached hydrogen (secondary N) is 2. The van der Waals surface area contributed by atoms with Gasteiger partial charge in [0, 0.05) is 24.7 Å². The van der Waals surface area contributed by atoms with Crippen molar-refractivity contribution in [1.82, 2.24) is 9.44 Å². The highest BCUT2D eigenvalue weighted by molar-refractivity contribution is 7.90. The fourth-order valence-electron chi connectivity index (χ4n) is 2.66. The van der Waals surface area contributed by atoms with Gasteiger partial charge in [-0.3, -0.25) is 0 Å². The smallest absolute Gasteiger partial charge is 0.240 e. The van der Waals surface area contributed by atoms with Crippen LogP contribution in [-0.4, -0.2) is 57.9 Å². The van der Waals surface area contributed by atoms with Gasteiger partial charge in [0.2, 0.25) is 20.0 Å². The molecule has 0 radical (unpaired) electrons. The van der Waals surface area contributed by atoms with Gasteiger partial charge < -0.3 is 18.9 Å². The van der Waals surface area contributed by atoms with Gasteiger partial charge in [-0.25, -0.2) is 26.3 Å². The van der Waals surface area contributed by atoms with Gasteiger partial charge in [-0.15, -0.1) is 0 Å². The third-order valence-electron chi connectivity index (χ3n) is 4.27. The SMILES string of the molecule is COc1ccc(S(=O)(=O)NC[C@H](C)NS(=O)(=O)c2ccc(OC)c(OC)c2)cc1OC. The highest BCUT2D eigenvalue weighted by Gasteiger charge is 2.22. The Balaban J connectivity index is 2.11. The fraction of sp³-hybridized carbons (Fsp3) is 0.368. The van der Waals surface area contributed by atoms with Crippen molar-refractivity contribution < 1.29 is 35.8 Å². The quantitative estimate of drug-likeness (QED) is 0.500. The summed E-state index contributed by atoms with van der Waals surface area (Å²) in [7, 11) is -2.16. The molecular weight excluding hydrogens is 448 g/mol. The van der Waals surface area contributed by atoms with E-state index < -0.39 is 26.1 Å². The highest BCUT2D eigenvalue weighted by atomic mass is 32.2. The van der Waals surface area contributed by atoms with E-state index in [1.807, 2.05) is 0 Å². The van der Waals surface area contributed by atoms with Crippen molar-refractivity contribution in [3.05, 3.63) is 36.4 Å². The molecule has 31 heavy (non-hydrogen) atoms. The molecular formula is C19H26N2O8S2. The first-order chi connectivity index (χ1) is 14.6. The zero-order valence-corrected chi connectivity index (χ0v) is 19.5. The zero-order valence-electron chi connectivity index (χ0n) is 17.8. The predicted molar refractivity (Wildman–Crippen MR) is 114 cm³/mol. The van der Waals surface area contributed by atoms with Gasteiger partial charge in [-0.05, 0) is 31.2 Å². The van der Waals surface area contributed by atoms with Crippen LogP contribution in [0.2, 0.25) is 0 Å². The standard InChI is InChI=1S/C19H26N2O8S2/c1-13(21-31(24,25)15-7-9-17(27-3)19(11-15)29-5)12-20-30(22,23)14-6-8-16(26-2)18(10-14)28-4/h6-11,13,20-21H,12H2,1-5H3/t13-/m0/s1. The van der Waals surface area contributed by atoms with E-state index in [-0.39, 0.29) is 27.8 Å². The lowest BCUT2D eigenvalue weighted by Gasteiger charge is -2.17. The summed E-state index contributed by atoms with van der Waals surface area (Å²) in [6.45, 7) is 1.36. The van der Waals surface area contributed by atoms with Crippen LogP contribution in [0.15, 0.2) is 46.2 Å². The molecule has 0 spiro atoms. The van der Waals surface area contributed by atoms with E-state index in [4.69, 9.17) is 18.9 Å². The van der Waals surface area contributed by atoms with Crippen LogP contribution in [0.3, 0.4) is 0 Å². The minimum absolute atomic E-state index is 0.0416. The van der Waals surface area contributed by atoms with Crippen molar-refractivity contribution in [2.75, 3.05) is 35.0 Å². The fourth-order valence-corrected chi connectivity index (χ4v) is 5.06. The Morgan fingerprint density at radius 1 is 0.710 bits per heavy atom. The van der Waals surface area contributed by atoms with Gasteiger partial charge in [0.05, 0.1) is 38.2 Å². The van der Waals surface area contributed by atoms with Crippen LogP contribution in [0.1, 0.15) is 6.92 Å². The number of hydrogen-bond donors (Lipinski definition) is 2. The minimum atomic E-state index is -3.93. The second kappa shape index (κ2) is 10.2. The van der Waals surface area contributed by atoms with Crippen molar-refractivity contribution >= 4 is 20.0 Å². The molecule has 0 saturated heterocycles. The van der Waals surface area contributed by atoms with Crippen molar-refractivity contribution in [3.8, 4) is 23.0 Å². The number of hydrogen-bond acceptors (Lipinski definition) is 8. The van der Waals surface area contributed by atoms with Crippen LogP contribution in [-0.2, 0) is 20.0 Å². The van der Waals surface area contributed by atoms with Crippen molar-refractivity contribution in [1.29, 1.82) is 0 Å². The summed E-state index contributed by atoms with van der Waals surface area (Å²) in [5, 5.41) is 0. The summed E-state index contributed by atoms with van der Waals surface area (Å²) >= 11 is 0. The molecule has 2 rings (SSSR count). The summed E-state index contributed by atoms with van der Waals surface area (Å²) in [4.78, 5) is -0.0835. The summed E-state index contributed by atoms with van der Waals surface area (Å²) in [6, 6.07) is 7.57. The maximum Gasteiger partial charge on any atom is 0.240 e. The minimum Gasteiger partial charge on any atom is -0.493 e. The summed E-state index contributed by atoms with van der Waals surface area (Å²) in [5.41, 5.74) is 0. The number of sulfonamides is 2. The number of methoxy groups -OCH3 is 4. The average Bonchev–Trinajstić information content (AvgIpc) is 2.76. The van der Waals surface area contributed by atoms with E-state index in [9.17, 15) is 16.8 Å². The molecule has 12 heteroatoms. The van der Waals surface area contributed by atoms with Gasteiger partial charge in [-0.1, -0.05) is 0 Å². The lowest BCUT2D eigenvalue weighted by atomic mass is 10.3. The monoisotopic (exact) mass is 474 g/mol. The molecule has 0 aliphatic rings. The molecule has 0 aliphatic carbocycles. The van der Waals surface area contributed by atoms with Crippen LogP contribution >= 0.6 is 0 Å². The van der Waals surface area contributed by atoms with E-state index in [0.29, 0.717) is 11.5 Å². The first-order valence-electron chi connectivity index (χ1n) is 9.04. The summed E-state index contributed by atoms with van der Waals surface area (Å²) in [6.07, 6.45) is 0. The van der Waals surface area contributed by atoms with Crippen LogP contribution < -0.4 is 28.4 Å². The Labute approximate surface area is 182 Å². The van der Waals surface area contributed by atoms with Crippen LogP contribution in [0.4, 0.5) is 0 Å². The van der Waals surface area contributed by atoms with Gasteiger partial charge in [0.1, 0.15) is 0 Å². The second-order valence-electron chi connectivity index (χ2n) is 6.41. The molecule has 0 unspecified atom stereocenters. The zero-order chi connectivity index (χ0) is 23.2. The topological polar surface area (TPSA) is 129 Å². The summed E-state index contributed by atoms with van der Waals surface area (Å²) in [5.74, 6) is 1.29. The molecule has 0 heterocycles. The van der Waals surface area contributed by atoms with E-state index >= 15 is 0 Å². The molecule has 0 aromatic heterocycles. The molecule has 2 N–H and O–H groups in total. The molecule has 0 aliphatic heterocycles. The molecule has 172 valence electrons. The molecule has 2 aromatic rings. The third-order valence-corrected chi connectivity index (χ3v) is 7.27. The molecule has 0 amide bonds. The van der Waals surface area contributed by atoms with Crippen LogP contribution in [0.5, 0.6) is 23.0 Å². The largest absolute Gasteiger partial charge is 0.493 e. The number of ether oxygens (including phenoxy) is 4. The average molecular weight is 475 g/mol. The third kappa shape index (κ3) is 6.00. The second-order valence-corrected chi connectivity index (χ2v) is 9.89. The molecule has 1 atom stereocenters. The Bertz CT molecular complexity index is 1120. The maximum atomic E-state index is 12.6. The normalized spacial score (nSPS) is 12.8. The first kappa shape index (κ1) is 24.7. The lowest BCUT2D eigenvalue weighted by Crippen LogP contribution is -2.41. The summed E-state index contributed by atoms with van der Waals surface area (Å²) < 4.78 is 75.7. The first-order valence-corrected chi connectivity index (χ1v) is 12.0. The lowest BCUT2D eigenvalue weighted by molar-refractivity contribution is 0.354. The highest BCUT2D eigenvalue weighted by Crippen LogP contribution is 2.30. The van der Waals surface area contributed by atoms with Gasteiger partial charge in [0.15, 0.2) is 23.0 Å². The van der Waals surface area contributed by atoms with Gasteiger partial charge >= 0.3 is 0 Å². The Morgan fingerprint density at radius 3 is 1.55 bits per heavy atom. The maximum absolute atomic E-state index is 12.6. The number of rotatable bonds is 11. The van der Waals surface area contributed by atoms with Crippen molar-refractivity contribution in [2.24, 2.45) is 0 Å². The predicted octanol–water partition coefficient (Wildman–Crippen LogP) is 1.37. The van der Waals surface area contributed by atoms with E-state index in [2.05, 4.69) is 9.44 Å². The molecule has 10 nitrogen and oxygen atoms in total.